The molecule has 2 saturated heterocycles. The standard InChI is InChI=1S/C22H24N4O/c1-22(2,3)20(27)16-10-23-21-19(16)26-17(11-24-21)12-5-4-6-13(7-12)18-14-8-15(9-14)25-18/h4-7,10-11,14-15,18,25H,8-9H2,1-3H3,(H,23,24). The minimum atomic E-state index is -0.457. The minimum Gasteiger partial charge on any atom is -0.344 e. The molecule has 2 aromatic heterocycles. The van der Waals surface area contributed by atoms with Gasteiger partial charge in [0.05, 0.1) is 17.5 Å². The lowest BCUT2D eigenvalue weighted by Gasteiger charge is -2.22. The molecule has 0 radical (unpaired) electrons. The van der Waals surface area contributed by atoms with Crippen LogP contribution in [0.3, 0.4) is 0 Å². The average molecular weight is 360 g/mol. The van der Waals surface area contributed by atoms with E-state index in [1.165, 1.54) is 18.4 Å². The molecular formula is C22H24N4O. The predicted molar refractivity (Wildman–Crippen MR) is 105 cm³/mol. The van der Waals surface area contributed by atoms with E-state index in [9.17, 15) is 4.79 Å². The van der Waals surface area contributed by atoms with Crippen LogP contribution in [0, 0.1) is 11.3 Å². The van der Waals surface area contributed by atoms with Crippen LogP contribution in [0.5, 0.6) is 0 Å². The van der Waals surface area contributed by atoms with E-state index in [0.717, 1.165) is 17.2 Å². The number of ketones is 1. The summed E-state index contributed by atoms with van der Waals surface area (Å²) in [7, 11) is 0. The second kappa shape index (κ2) is 5.73. The normalized spacial score (nSPS) is 24.2. The lowest BCUT2D eigenvalue weighted by atomic mass is 9.81. The number of hydrogen-bond acceptors (Lipinski definition) is 4. The number of benzene rings is 1. The summed E-state index contributed by atoms with van der Waals surface area (Å²) in [5.41, 5.74) is 4.63. The van der Waals surface area contributed by atoms with E-state index in [2.05, 4.69) is 39.6 Å². The Morgan fingerprint density at radius 2 is 2.04 bits per heavy atom. The highest BCUT2D eigenvalue weighted by Crippen LogP contribution is 2.46. The van der Waals surface area contributed by atoms with Gasteiger partial charge in [-0.05, 0) is 30.4 Å². The van der Waals surface area contributed by atoms with Crippen molar-refractivity contribution in [2.45, 2.75) is 45.7 Å². The van der Waals surface area contributed by atoms with Crippen molar-refractivity contribution in [3.8, 4) is 11.3 Å². The smallest absolute Gasteiger partial charge is 0.171 e. The van der Waals surface area contributed by atoms with Crippen LogP contribution in [0.1, 0.15) is 55.6 Å². The molecule has 5 heteroatoms. The molecule has 1 aliphatic carbocycles. The van der Waals surface area contributed by atoms with Gasteiger partial charge in [0, 0.05) is 29.3 Å². The van der Waals surface area contributed by atoms with Gasteiger partial charge in [-0.25, -0.2) is 9.97 Å². The Bertz CT molecular complexity index is 1040. The quantitative estimate of drug-likeness (QED) is 0.684. The first-order chi connectivity index (χ1) is 12.9. The van der Waals surface area contributed by atoms with Gasteiger partial charge in [-0.1, -0.05) is 39.0 Å². The topological polar surface area (TPSA) is 70.7 Å². The van der Waals surface area contributed by atoms with Crippen LogP contribution in [0.4, 0.5) is 0 Å². The highest BCUT2D eigenvalue weighted by molar-refractivity contribution is 6.08. The number of aromatic nitrogens is 3. The molecule has 2 N–H and O–H groups in total. The van der Waals surface area contributed by atoms with Crippen LogP contribution in [0.15, 0.2) is 36.7 Å². The maximum atomic E-state index is 12.8. The van der Waals surface area contributed by atoms with Crippen molar-refractivity contribution >= 4 is 16.9 Å². The van der Waals surface area contributed by atoms with Crippen LogP contribution >= 0.6 is 0 Å². The molecular weight excluding hydrogens is 336 g/mol. The van der Waals surface area contributed by atoms with Gasteiger partial charge in [-0.3, -0.25) is 4.79 Å². The van der Waals surface area contributed by atoms with E-state index in [4.69, 9.17) is 4.98 Å². The maximum absolute atomic E-state index is 12.8. The number of Topliss-reactive ketones (excluding diaryl/α,β-unsaturated/α-hetero) is 1. The summed E-state index contributed by atoms with van der Waals surface area (Å²) >= 11 is 0. The number of hydrogen-bond donors (Lipinski definition) is 2. The van der Waals surface area contributed by atoms with Gasteiger partial charge in [0.2, 0.25) is 0 Å². The molecule has 2 bridgehead atoms. The maximum Gasteiger partial charge on any atom is 0.171 e. The molecule has 4 heterocycles. The third kappa shape index (κ3) is 2.69. The number of rotatable bonds is 3. The van der Waals surface area contributed by atoms with Gasteiger partial charge >= 0.3 is 0 Å². The SMILES string of the molecule is CC(C)(C)C(=O)c1c[nH]c2ncc(-c3cccc(C4NC5CC4C5)c3)nc12. The zero-order valence-corrected chi connectivity index (χ0v) is 15.9. The van der Waals surface area contributed by atoms with Gasteiger partial charge < -0.3 is 10.3 Å². The summed E-state index contributed by atoms with van der Waals surface area (Å²) in [6.45, 7) is 5.78. The molecule has 0 amide bonds. The third-order valence-corrected chi connectivity index (χ3v) is 5.91. The first-order valence-corrected chi connectivity index (χ1v) is 9.65. The summed E-state index contributed by atoms with van der Waals surface area (Å²) in [6.07, 6.45) is 6.10. The van der Waals surface area contributed by atoms with Gasteiger partial charge in [0.25, 0.3) is 0 Å². The molecule has 2 aliphatic heterocycles. The summed E-state index contributed by atoms with van der Waals surface area (Å²) in [4.78, 5) is 25.2. The summed E-state index contributed by atoms with van der Waals surface area (Å²) in [5, 5.41) is 3.70. The molecule has 1 aromatic carbocycles. The number of nitrogens with zero attached hydrogens (tertiary/aromatic N) is 2. The van der Waals surface area contributed by atoms with E-state index < -0.39 is 5.41 Å². The lowest BCUT2D eigenvalue weighted by molar-refractivity contribution is 0.0860. The van der Waals surface area contributed by atoms with E-state index in [-0.39, 0.29) is 5.78 Å². The third-order valence-electron chi connectivity index (χ3n) is 5.91. The second-order valence-electron chi connectivity index (χ2n) is 8.93. The van der Waals surface area contributed by atoms with Gasteiger partial charge in [0.15, 0.2) is 11.4 Å². The van der Waals surface area contributed by atoms with Crippen LogP contribution in [-0.4, -0.2) is 26.8 Å². The first-order valence-electron chi connectivity index (χ1n) is 9.65. The van der Waals surface area contributed by atoms with E-state index in [1.54, 1.807) is 12.4 Å². The molecule has 6 rings (SSSR count). The van der Waals surface area contributed by atoms with Gasteiger partial charge in [-0.2, -0.15) is 0 Å². The van der Waals surface area contributed by atoms with E-state index >= 15 is 0 Å². The monoisotopic (exact) mass is 360 g/mol. The van der Waals surface area contributed by atoms with Crippen molar-refractivity contribution in [2.75, 3.05) is 0 Å². The zero-order valence-electron chi connectivity index (χ0n) is 15.9. The van der Waals surface area contributed by atoms with Crippen molar-refractivity contribution in [1.29, 1.82) is 0 Å². The van der Waals surface area contributed by atoms with Crippen molar-refractivity contribution in [2.24, 2.45) is 11.3 Å². The van der Waals surface area contributed by atoms with Crippen molar-refractivity contribution in [1.82, 2.24) is 20.3 Å². The fraction of sp³-hybridized carbons (Fsp3) is 0.409. The average Bonchev–Trinajstić information content (AvgIpc) is 3.33. The predicted octanol–water partition coefficient (Wildman–Crippen LogP) is 4.28. The van der Waals surface area contributed by atoms with Gasteiger partial charge in [0.1, 0.15) is 5.52 Å². The number of fused-ring (bicyclic) bond motifs is 2. The number of nitrogens with one attached hydrogen (secondary N) is 2. The number of carbonyl (C=O) groups is 1. The molecule has 0 spiro atoms. The molecule has 138 valence electrons. The molecule has 5 nitrogen and oxygen atoms in total. The molecule has 3 fully saturated rings. The Kier molecular flexibility index (Phi) is 3.53. The summed E-state index contributed by atoms with van der Waals surface area (Å²) in [5.74, 6) is 0.836. The Morgan fingerprint density at radius 3 is 2.74 bits per heavy atom. The molecule has 1 unspecified atom stereocenters. The summed E-state index contributed by atoms with van der Waals surface area (Å²) in [6, 6.07) is 9.72. The van der Waals surface area contributed by atoms with Crippen LogP contribution < -0.4 is 5.32 Å². The fourth-order valence-corrected chi connectivity index (χ4v) is 4.33. The first kappa shape index (κ1) is 16.6. The minimum absolute atomic E-state index is 0.0730. The van der Waals surface area contributed by atoms with Crippen molar-refractivity contribution in [3.63, 3.8) is 0 Å². The molecule has 3 aliphatic rings. The molecule has 27 heavy (non-hydrogen) atoms. The highest BCUT2D eigenvalue weighted by atomic mass is 16.1. The Morgan fingerprint density at radius 1 is 1.22 bits per heavy atom. The van der Waals surface area contributed by atoms with E-state index in [0.29, 0.717) is 28.8 Å². The van der Waals surface area contributed by atoms with Crippen LogP contribution in [0.25, 0.3) is 22.4 Å². The van der Waals surface area contributed by atoms with Crippen molar-refractivity contribution in [3.05, 3.63) is 47.8 Å². The van der Waals surface area contributed by atoms with E-state index in [1.807, 2.05) is 20.8 Å². The Hall–Kier alpha value is -2.53. The molecule has 3 aromatic rings. The Balaban J connectivity index is 1.55. The van der Waals surface area contributed by atoms with Gasteiger partial charge in [-0.15, -0.1) is 0 Å². The second-order valence-corrected chi connectivity index (χ2v) is 8.93. The summed E-state index contributed by atoms with van der Waals surface area (Å²) < 4.78 is 0. The largest absolute Gasteiger partial charge is 0.344 e. The van der Waals surface area contributed by atoms with Crippen molar-refractivity contribution < 1.29 is 4.79 Å². The Labute approximate surface area is 158 Å². The number of carbonyl (C=O) groups excluding carboxylic acids is 1. The molecule has 1 saturated carbocycles. The van der Waals surface area contributed by atoms with Crippen LogP contribution in [-0.2, 0) is 0 Å². The molecule has 1 atom stereocenters. The number of aromatic amines is 1. The van der Waals surface area contributed by atoms with Crippen LogP contribution in [0.2, 0.25) is 0 Å². The lowest BCUT2D eigenvalue weighted by Crippen LogP contribution is -2.23. The zero-order chi connectivity index (χ0) is 18.8. The highest BCUT2D eigenvalue weighted by Gasteiger charge is 2.44. The number of H-pyrrole nitrogens is 1. The fourth-order valence-electron chi connectivity index (χ4n) is 4.33.